The fourth-order valence-corrected chi connectivity index (χ4v) is 2.97. The molecule has 1 aliphatic rings. The molecule has 0 amide bonds. The summed E-state index contributed by atoms with van der Waals surface area (Å²) in [7, 11) is 0. The van der Waals surface area contributed by atoms with Gasteiger partial charge in [-0.3, -0.25) is 4.90 Å². The molecule has 0 radical (unpaired) electrons. The summed E-state index contributed by atoms with van der Waals surface area (Å²) in [5.74, 6) is 0. The number of rotatable bonds is 6. The van der Waals surface area contributed by atoms with Crippen LogP contribution in [0.5, 0.6) is 0 Å². The molecule has 0 aromatic heterocycles. The average molecular weight is 246 g/mol. The van der Waals surface area contributed by atoms with Gasteiger partial charge >= 0.3 is 0 Å². The van der Waals surface area contributed by atoms with Crippen LogP contribution in [0.15, 0.2) is 30.3 Å². The van der Waals surface area contributed by atoms with Crippen molar-refractivity contribution in [2.75, 3.05) is 19.6 Å². The van der Waals surface area contributed by atoms with E-state index in [1.807, 2.05) is 0 Å². The zero-order valence-corrected chi connectivity index (χ0v) is 11.8. The summed E-state index contributed by atoms with van der Waals surface area (Å²) in [6.45, 7) is 9.14. The number of benzene rings is 1. The van der Waals surface area contributed by atoms with Gasteiger partial charge in [0, 0.05) is 18.6 Å². The largest absolute Gasteiger partial charge is 0.310 e. The van der Waals surface area contributed by atoms with Gasteiger partial charge in [-0.2, -0.15) is 0 Å². The van der Waals surface area contributed by atoms with Crippen molar-refractivity contribution in [1.82, 2.24) is 10.2 Å². The number of likely N-dealkylation sites (N-methyl/N-ethyl adjacent to an activating group) is 1. The van der Waals surface area contributed by atoms with Gasteiger partial charge in [-0.25, -0.2) is 0 Å². The molecule has 0 bridgehead atoms. The van der Waals surface area contributed by atoms with Crippen LogP contribution in [0.3, 0.4) is 0 Å². The molecule has 100 valence electrons. The van der Waals surface area contributed by atoms with Crippen molar-refractivity contribution in [3.05, 3.63) is 35.9 Å². The quantitative estimate of drug-likeness (QED) is 0.830. The smallest absolute Gasteiger partial charge is 0.0306 e. The first-order valence-corrected chi connectivity index (χ1v) is 7.29. The molecule has 1 atom stereocenters. The van der Waals surface area contributed by atoms with Gasteiger partial charge in [-0.1, -0.05) is 44.2 Å². The van der Waals surface area contributed by atoms with Gasteiger partial charge in [0.15, 0.2) is 0 Å². The Morgan fingerprint density at radius 2 is 2.00 bits per heavy atom. The second-order valence-electron chi connectivity index (χ2n) is 5.45. The van der Waals surface area contributed by atoms with E-state index in [0.717, 1.165) is 13.1 Å². The van der Waals surface area contributed by atoms with Crippen molar-refractivity contribution < 1.29 is 0 Å². The van der Waals surface area contributed by atoms with Crippen LogP contribution in [0, 0.1) is 0 Å². The van der Waals surface area contributed by atoms with E-state index in [4.69, 9.17) is 0 Å². The molecule has 1 aromatic carbocycles. The van der Waals surface area contributed by atoms with Gasteiger partial charge < -0.3 is 5.32 Å². The standard InChI is InChI=1S/C16H26N2/c1-3-16(11-8-12-17-16)14-18(4-2)13-15-9-6-5-7-10-15/h5-7,9-10,17H,3-4,8,11-14H2,1-2H3. The summed E-state index contributed by atoms with van der Waals surface area (Å²) in [5, 5.41) is 3.73. The Balaban J connectivity index is 1.96. The molecule has 0 aliphatic carbocycles. The van der Waals surface area contributed by atoms with E-state index in [2.05, 4.69) is 54.4 Å². The summed E-state index contributed by atoms with van der Waals surface area (Å²) in [5.41, 5.74) is 1.79. The SMILES string of the molecule is CCN(Cc1ccccc1)CC1(CC)CCCN1. The van der Waals surface area contributed by atoms with Crippen molar-refractivity contribution in [3.8, 4) is 0 Å². The Morgan fingerprint density at radius 3 is 2.56 bits per heavy atom. The maximum Gasteiger partial charge on any atom is 0.0306 e. The van der Waals surface area contributed by atoms with Crippen LogP contribution >= 0.6 is 0 Å². The van der Waals surface area contributed by atoms with Crippen molar-refractivity contribution in [2.45, 2.75) is 45.2 Å². The zero-order valence-electron chi connectivity index (χ0n) is 11.8. The lowest BCUT2D eigenvalue weighted by atomic mass is 9.93. The van der Waals surface area contributed by atoms with Gasteiger partial charge in [0.25, 0.3) is 0 Å². The lowest BCUT2D eigenvalue weighted by Gasteiger charge is -2.34. The van der Waals surface area contributed by atoms with E-state index in [1.165, 1.54) is 37.9 Å². The van der Waals surface area contributed by atoms with E-state index in [-0.39, 0.29) is 0 Å². The van der Waals surface area contributed by atoms with Crippen molar-refractivity contribution in [2.24, 2.45) is 0 Å². The summed E-state index contributed by atoms with van der Waals surface area (Å²) in [4.78, 5) is 2.57. The zero-order chi connectivity index (χ0) is 12.8. The molecule has 2 heteroatoms. The fourth-order valence-electron chi connectivity index (χ4n) is 2.97. The van der Waals surface area contributed by atoms with Crippen molar-refractivity contribution in [1.29, 1.82) is 0 Å². The highest BCUT2D eigenvalue weighted by Crippen LogP contribution is 2.24. The molecule has 2 rings (SSSR count). The van der Waals surface area contributed by atoms with E-state index < -0.39 is 0 Å². The van der Waals surface area contributed by atoms with Gasteiger partial charge in [0.05, 0.1) is 0 Å². The lowest BCUT2D eigenvalue weighted by molar-refractivity contribution is 0.188. The van der Waals surface area contributed by atoms with Gasteiger partial charge in [-0.15, -0.1) is 0 Å². The van der Waals surface area contributed by atoms with Crippen molar-refractivity contribution in [3.63, 3.8) is 0 Å². The molecular weight excluding hydrogens is 220 g/mol. The Hall–Kier alpha value is -0.860. The summed E-state index contributed by atoms with van der Waals surface area (Å²) in [6, 6.07) is 10.8. The maximum atomic E-state index is 3.73. The lowest BCUT2D eigenvalue weighted by Crippen LogP contribution is -2.49. The van der Waals surface area contributed by atoms with Crippen LogP contribution < -0.4 is 5.32 Å². The van der Waals surface area contributed by atoms with E-state index >= 15 is 0 Å². The maximum absolute atomic E-state index is 3.73. The van der Waals surface area contributed by atoms with Crippen LogP contribution in [0.1, 0.15) is 38.7 Å². The van der Waals surface area contributed by atoms with Crippen molar-refractivity contribution >= 4 is 0 Å². The topological polar surface area (TPSA) is 15.3 Å². The Labute approximate surface area is 111 Å². The highest BCUT2D eigenvalue weighted by molar-refractivity contribution is 5.14. The summed E-state index contributed by atoms with van der Waals surface area (Å²) in [6.07, 6.45) is 3.89. The number of nitrogens with one attached hydrogen (secondary N) is 1. The highest BCUT2D eigenvalue weighted by atomic mass is 15.2. The minimum absolute atomic E-state index is 0.366. The molecule has 2 nitrogen and oxygen atoms in total. The Bertz CT molecular complexity index is 341. The van der Waals surface area contributed by atoms with Gasteiger partial charge in [-0.05, 0) is 37.9 Å². The van der Waals surface area contributed by atoms with Crippen LogP contribution in [-0.2, 0) is 6.54 Å². The van der Waals surface area contributed by atoms with Crippen LogP contribution in [0.2, 0.25) is 0 Å². The minimum Gasteiger partial charge on any atom is -0.310 e. The van der Waals surface area contributed by atoms with Gasteiger partial charge in [0.2, 0.25) is 0 Å². The molecule has 1 unspecified atom stereocenters. The molecule has 0 saturated carbocycles. The molecule has 1 saturated heterocycles. The fraction of sp³-hybridized carbons (Fsp3) is 0.625. The third-order valence-electron chi connectivity index (χ3n) is 4.23. The van der Waals surface area contributed by atoms with Gasteiger partial charge in [0.1, 0.15) is 0 Å². The predicted molar refractivity (Wildman–Crippen MR) is 77.7 cm³/mol. The molecule has 0 spiro atoms. The first-order chi connectivity index (χ1) is 8.78. The molecule has 1 aliphatic heterocycles. The summed E-state index contributed by atoms with van der Waals surface area (Å²) < 4.78 is 0. The second-order valence-corrected chi connectivity index (χ2v) is 5.45. The molecule has 1 fully saturated rings. The first kappa shape index (κ1) is 13.6. The summed E-state index contributed by atoms with van der Waals surface area (Å²) >= 11 is 0. The average Bonchev–Trinajstić information content (AvgIpc) is 2.88. The first-order valence-electron chi connectivity index (χ1n) is 7.29. The minimum atomic E-state index is 0.366. The highest BCUT2D eigenvalue weighted by Gasteiger charge is 2.32. The number of hydrogen-bond acceptors (Lipinski definition) is 2. The molecule has 1 N–H and O–H groups in total. The molecular formula is C16H26N2. The van der Waals surface area contributed by atoms with E-state index in [9.17, 15) is 0 Å². The normalized spacial score (nSPS) is 23.7. The molecule has 18 heavy (non-hydrogen) atoms. The number of nitrogens with zero attached hydrogens (tertiary/aromatic N) is 1. The second kappa shape index (κ2) is 6.35. The van der Waals surface area contributed by atoms with Crippen LogP contribution in [0.4, 0.5) is 0 Å². The monoisotopic (exact) mass is 246 g/mol. The van der Waals surface area contributed by atoms with E-state index in [1.54, 1.807) is 0 Å². The third kappa shape index (κ3) is 3.33. The third-order valence-corrected chi connectivity index (χ3v) is 4.23. The molecule has 1 heterocycles. The van der Waals surface area contributed by atoms with E-state index in [0.29, 0.717) is 5.54 Å². The number of hydrogen-bond donors (Lipinski definition) is 1. The Kier molecular flexibility index (Phi) is 4.79. The predicted octanol–water partition coefficient (Wildman–Crippen LogP) is 3.04. The molecule has 1 aromatic rings. The van der Waals surface area contributed by atoms with Crippen LogP contribution in [-0.4, -0.2) is 30.1 Å². The Morgan fingerprint density at radius 1 is 1.22 bits per heavy atom. The van der Waals surface area contributed by atoms with Crippen LogP contribution in [0.25, 0.3) is 0 Å².